The van der Waals surface area contributed by atoms with Gasteiger partial charge in [0.2, 0.25) is 5.91 Å². The maximum Gasteiger partial charge on any atom is 0.229 e. The number of hydrogen-bond donors (Lipinski definition) is 1. The first-order chi connectivity index (χ1) is 7.51. The number of likely N-dealkylation sites (N-methyl/N-ethyl adjacent to an activating group) is 1. The summed E-state index contributed by atoms with van der Waals surface area (Å²) in [5.41, 5.74) is 5.17. The Morgan fingerprint density at radius 2 is 2.18 bits per heavy atom. The third kappa shape index (κ3) is 4.45. The maximum absolute atomic E-state index is 12.2. The molecule has 1 amide bonds. The average Bonchev–Trinajstić information content (AvgIpc) is 2.77. The second-order valence-corrected chi connectivity index (χ2v) is 5.07. The van der Waals surface area contributed by atoms with Crippen LogP contribution in [0.15, 0.2) is 0 Å². The molecule has 0 aliphatic carbocycles. The van der Waals surface area contributed by atoms with Gasteiger partial charge in [0.15, 0.2) is 0 Å². The van der Waals surface area contributed by atoms with E-state index in [9.17, 15) is 4.79 Å². The van der Waals surface area contributed by atoms with Crippen LogP contribution in [0.25, 0.3) is 0 Å². The Morgan fingerprint density at radius 1 is 1.53 bits per heavy atom. The van der Waals surface area contributed by atoms with E-state index in [1.165, 1.54) is 0 Å². The van der Waals surface area contributed by atoms with E-state index in [1.54, 1.807) is 0 Å². The number of nitrogens with two attached hydrogens (primary N) is 1. The fraction of sp³-hybridized carbons (Fsp3) is 0.917. The summed E-state index contributed by atoms with van der Waals surface area (Å²) >= 11 is 0. The summed E-state index contributed by atoms with van der Waals surface area (Å²) in [5, 5.41) is 0. The van der Waals surface area contributed by atoms with Gasteiger partial charge in [0.25, 0.3) is 0 Å². The molecule has 1 atom stereocenters. The van der Waals surface area contributed by atoms with E-state index in [2.05, 4.69) is 0 Å². The van der Waals surface area contributed by atoms with Gasteiger partial charge in [-0.3, -0.25) is 4.79 Å². The van der Waals surface area contributed by atoms with Crippen molar-refractivity contribution in [1.29, 1.82) is 0 Å². The Hall–Kier alpha value is -0.320. The number of ether oxygens (including phenoxy) is 1. The standard InChI is InChI=1S/C12H24N2O2.ClH/c1-4-14(8-10-6-5-7-16-10)11(15)12(2,3)9-13;/h10H,4-9,13H2,1-3H3;1H. The van der Waals surface area contributed by atoms with E-state index >= 15 is 0 Å². The predicted molar refractivity (Wildman–Crippen MR) is 71.3 cm³/mol. The molecule has 1 rings (SSSR count). The summed E-state index contributed by atoms with van der Waals surface area (Å²) in [6.07, 6.45) is 2.39. The van der Waals surface area contributed by atoms with Crippen molar-refractivity contribution in [3.05, 3.63) is 0 Å². The molecule has 1 fully saturated rings. The summed E-state index contributed by atoms with van der Waals surface area (Å²) < 4.78 is 5.56. The molecule has 102 valence electrons. The van der Waals surface area contributed by atoms with Crippen molar-refractivity contribution < 1.29 is 9.53 Å². The summed E-state index contributed by atoms with van der Waals surface area (Å²) in [4.78, 5) is 14.1. The van der Waals surface area contributed by atoms with Crippen LogP contribution in [0.2, 0.25) is 0 Å². The molecule has 0 aromatic heterocycles. The van der Waals surface area contributed by atoms with Crippen molar-refractivity contribution in [2.75, 3.05) is 26.2 Å². The van der Waals surface area contributed by atoms with Gasteiger partial charge in [-0.05, 0) is 33.6 Å². The number of carbonyl (C=O) groups excluding carboxylic acids is 1. The highest BCUT2D eigenvalue weighted by Crippen LogP contribution is 2.19. The van der Waals surface area contributed by atoms with Crippen molar-refractivity contribution in [3.8, 4) is 0 Å². The molecule has 0 bridgehead atoms. The lowest BCUT2D eigenvalue weighted by Gasteiger charge is -2.31. The van der Waals surface area contributed by atoms with Gasteiger partial charge >= 0.3 is 0 Å². The topological polar surface area (TPSA) is 55.6 Å². The molecular weight excluding hydrogens is 240 g/mol. The summed E-state index contributed by atoms with van der Waals surface area (Å²) in [7, 11) is 0. The molecule has 0 radical (unpaired) electrons. The monoisotopic (exact) mass is 264 g/mol. The number of halogens is 1. The van der Waals surface area contributed by atoms with Crippen LogP contribution in [-0.4, -0.2) is 43.2 Å². The molecule has 1 aliphatic rings. The molecule has 2 N–H and O–H groups in total. The molecule has 17 heavy (non-hydrogen) atoms. The van der Waals surface area contributed by atoms with Crippen molar-refractivity contribution in [2.45, 2.75) is 39.7 Å². The lowest BCUT2D eigenvalue weighted by Crippen LogP contribution is -2.47. The summed E-state index contributed by atoms with van der Waals surface area (Å²) in [6.45, 7) is 8.44. The van der Waals surface area contributed by atoms with Gasteiger partial charge in [-0.25, -0.2) is 0 Å². The minimum atomic E-state index is -0.464. The first-order valence-corrected chi connectivity index (χ1v) is 6.12. The van der Waals surface area contributed by atoms with Crippen LogP contribution in [-0.2, 0) is 9.53 Å². The predicted octanol–water partition coefficient (Wildman–Crippen LogP) is 1.42. The van der Waals surface area contributed by atoms with Crippen LogP contribution in [0, 0.1) is 5.41 Å². The first-order valence-electron chi connectivity index (χ1n) is 6.12. The number of amides is 1. The van der Waals surface area contributed by atoms with Gasteiger partial charge in [-0.15, -0.1) is 12.4 Å². The molecule has 1 aliphatic heterocycles. The van der Waals surface area contributed by atoms with Crippen LogP contribution in [0.4, 0.5) is 0 Å². The highest BCUT2D eigenvalue weighted by atomic mass is 35.5. The van der Waals surface area contributed by atoms with Crippen LogP contribution in [0.1, 0.15) is 33.6 Å². The Bertz CT molecular complexity index is 241. The SMILES string of the molecule is CCN(CC1CCCO1)C(=O)C(C)(C)CN.Cl. The fourth-order valence-corrected chi connectivity index (χ4v) is 1.91. The number of carbonyl (C=O) groups is 1. The Morgan fingerprint density at radius 3 is 2.59 bits per heavy atom. The molecule has 1 saturated heterocycles. The number of rotatable bonds is 5. The quantitative estimate of drug-likeness (QED) is 0.817. The van der Waals surface area contributed by atoms with Crippen LogP contribution in [0.5, 0.6) is 0 Å². The minimum absolute atomic E-state index is 0. The lowest BCUT2D eigenvalue weighted by molar-refractivity contribution is -0.141. The Labute approximate surface area is 110 Å². The number of nitrogens with zero attached hydrogens (tertiary/aromatic N) is 1. The van der Waals surface area contributed by atoms with E-state index in [4.69, 9.17) is 10.5 Å². The smallest absolute Gasteiger partial charge is 0.229 e. The first kappa shape index (κ1) is 16.7. The van der Waals surface area contributed by atoms with Gasteiger partial charge in [0, 0.05) is 26.2 Å². The molecule has 0 aromatic rings. The molecule has 4 nitrogen and oxygen atoms in total. The van der Waals surface area contributed by atoms with Gasteiger partial charge in [-0.1, -0.05) is 0 Å². The van der Waals surface area contributed by atoms with Crippen LogP contribution in [0.3, 0.4) is 0 Å². The third-order valence-electron chi connectivity index (χ3n) is 3.21. The second-order valence-electron chi connectivity index (χ2n) is 5.07. The van der Waals surface area contributed by atoms with Crippen molar-refractivity contribution in [2.24, 2.45) is 11.1 Å². The summed E-state index contributed by atoms with van der Waals surface area (Å²) in [5.74, 6) is 0.132. The highest BCUT2D eigenvalue weighted by molar-refractivity contribution is 5.85. The lowest BCUT2D eigenvalue weighted by atomic mass is 9.91. The van der Waals surface area contributed by atoms with Crippen molar-refractivity contribution >= 4 is 18.3 Å². The zero-order chi connectivity index (χ0) is 12.2. The summed E-state index contributed by atoms with van der Waals surface area (Å²) in [6, 6.07) is 0. The van der Waals surface area contributed by atoms with E-state index in [0.717, 1.165) is 26.0 Å². The molecule has 1 heterocycles. The molecule has 5 heteroatoms. The highest BCUT2D eigenvalue weighted by Gasteiger charge is 2.31. The van der Waals surface area contributed by atoms with Gasteiger partial charge in [-0.2, -0.15) is 0 Å². The molecule has 0 spiro atoms. The molecular formula is C12H25ClN2O2. The maximum atomic E-state index is 12.2. The minimum Gasteiger partial charge on any atom is -0.376 e. The zero-order valence-electron chi connectivity index (χ0n) is 11.1. The van der Waals surface area contributed by atoms with Crippen molar-refractivity contribution in [1.82, 2.24) is 4.90 Å². The average molecular weight is 265 g/mol. The second kappa shape index (κ2) is 7.19. The fourth-order valence-electron chi connectivity index (χ4n) is 1.91. The van der Waals surface area contributed by atoms with E-state index in [1.807, 2.05) is 25.7 Å². The van der Waals surface area contributed by atoms with Crippen molar-refractivity contribution in [3.63, 3.8) is 0 Å². The largest absolute Gasteiger partial charge is 0.376 e. The van der Waals surface area contributed by atoms with Crippen LogP contribution >= 0.6 is 12.4 Å². The third-order valence-corrected chi connectivity index (χ3v) is 3.21. The molecule has 0 aromatic carbocycles. The zero-order valence-corrected chi connectivity index (χ0v) is 11.9. The van der Waals surface area contributed by atoms with Gasteiger partial charge in [0.05, 0.1) is 11.5 Å². The Balaban J connectivity index is 0.00000256. The van der Waals surface area contributed by atoms with E-state index in [0.29, 0.717) is 13.1 Å². The van der Waals surface area contributed by atoms with E-state index < -0.39 is 5.41 Å². The molecule has 0 saturated carbocycles. The van der Waals surface area contributed by atoms with Gasteiger partial charge < -0.3 is 15.4 Å². The van der Waals surface area contributed by atoms with E-state index in [-0.39, 0.29) is 24.4 Å². The molecule has 1 unspecified atom stereocenters. The Kier molecular flexibility index (Phi) is 7.05. The number of hydrogen-bond acceptors (Lipinski definition) is 3. The van der Waals surface area contributed by atoms with Gasteiger partial charge in [0.1, 0.15) is 0 Å². The van der Waals surface area contributed by atoms with Crippen LogP contribution < -0.4 is 5.73 Å². The normalized spacial score (nSPS) is 19.9.